The Labute approximate surface area is 221 Å². The van der Waals surface area contributed by atoms with E-state index >= 15 is 0 Å². The average molecular weight is 511 g/mol. The zero-order valence-corrected chi connectivity index (χ0v) is 21.4. The van der Waals surface area contributed by atoms with Crippen LogP contribution in [0.3, 0.4) is 0 Å². The van der Waals surface area contributed by atoms with Gasteiger partial charge in [0.2, 0.25) is 0 Å². The molecule has 0 amide bonds. The van der Waals surface area contributed by atoms with Crippen LogP contribution in [0.1, 0.15) is 18.4 Å². The number of hydrogen-bond donors (Lipinski definition) is 2. The first-order chi connectivity index (χ1) is 18.7. The molecule has 9 nitrogen and oxygen atoms in total. The molecule has 2 fully saturated rings. The summed E-state index contributed by atoms with van der Waals surface area (Å²) in [4.78, 5) is 14.8. The van der Waals surface area contributed by atoms with Crippen molar-refractivity contribution >= 4 is 16.7 Å². The predicted molar refractivity (Wildman–Crippen MR) is 146 cm³/mol. The maximum absolute atomic E-state index is 9.84. The molecule has 2 aromatic heterocycles. The molecule has 0 aliphatic carbocycles. The normalized spacial score (nSPS) is 16.4. The molecule has 6 rings (SSSR count). The third kappa shape index (κ3) is 4.76. The Bertz CT molecular complexity index is 1480. The Morgan fingerprint density at radius 1 is 1.00 bits per heavy atom. The molecule has 2 aliphatic rings. The van der Waals surface area contributed by atoms with Gasteiger partial charge in [0.1, 0.15) is 35.6 Å². The van der Waals surface area contributed by atoms with Gasteiger partial charge in [0.25, 0.3) is 0 Å². The molecule has 0 unspecified atom stereocenters. The standard InChI is InChI=1S/C29H30N6O3/c1-36-27-15-19(2-4-25(27)35-10-8-31-9-11-35)24-16-23-28(32-18-33-29(23)34-24)20-3-5-26(21(14-20)17-30)38-22-6-12-37-13-7-22/h2-5,14-16,18,22,31H,6-13H2,1H3,(H,32,33,34). The molecule has 4 aromatic rings. The maximum Gasteiger partial charge on any atom is 0.142 e. The molecule has 2 N–H and O–H groups in total. The van der Waals surface area contributed by atoms with Crippen molar-refractivity contribution in [1.29, 1.82) is 5.26 Å². The van der Waals surface area contributed by atoms with Gasteiger partial charge in [-0.05, 0) is 36.4 Å². The van der Waals surface area contributed by atoms with E-state index < -0.39 is 0 Å². The van der Waals surface area contributed by atoms with Crippen LogP contribution in [0, 0.1) is 11.3 Å². The highest BCUT2D eigenvalue weighted by Gasteiger charge is 2.20. The fraction of sp³-hybridized carbons (Fsp3) is 0.345. The van der Waals surface area contributed by atoms with E-state index in [0.717, 1.165) is 84.0 Å². The molecule has 0 spiro atoms. The number of fused-ring (bicyclic) bond motifs is 1. The Balaban J connectivity index is 1.32. The maximum atomic E-state index is 9.84. The van der Waals surface area contributed by atoms with E-state index in [2.05, 4.69) is 55.5 Å². The van der Waals surface area contributed by atoms with Gasteiger partial charge in [0.15, 0.2) is 0 Å². The first-order valence-electron chi connectivity index (χ1n) is 13.0. The van der Waals surface area contributed by atoms with Crippen molar-refractivity contribution in [3.8, 4) is 40.1 Å². The lowest BCUT2D eigenvalue weighted by atomic mass is 10.0. The highest BCUT2D eigenvalue weighted by molar-refractivity contribution is 5.94. The number of H-pyrrole nitrogens is 1. The van der Waals surface area contributed by atoms with Crippen LogP contribution >= 0.6 is 0 Å². The van der Waals surface area contributed by atoms with E-state index in [9.17, 15) is 5.26 Å². The number of hydrogen-bond acceptors (Lipinski definition) is 8. The van der Waals surface area contributed by atoms with Crippen LogP contribution in [-0.2, 0) is 4.74 Å². The number of piperazine rings is 1. The lowest BCUT2D eigenvalue weighted by Crippen LogP contribution is -2.43. The van der Waals surface area contributed by atoms with Gasteiger partial charge in [0.05, 0.1) is 37.3 Å². The minimum atomic E-state index is 0.0645. The largest absolute Gasteiger partial charge is 0.495 e. The number of aromatic amines is 1. The second-order valence-corrected chi connectivity index (χ2v) is 9.54. The highest BCUT2D eigenvalue weighted by atomic mass is 16.5. The zero-order valence-electron chi connectivity index (χ0n) is 21.4. The number of nitrogens with zero attached hydrogens (tertiary/aromatic N) is 4. The smallest absolute Gasteiger partial charge is 0.142 e. The van der Waals surface area contributed by atoms with Crippen LogP contribution in [0.4, 0.5) is 5.69 Å². The Morgan fingerprint density at radius 3 is 2.61 bits per heavy atom. The SMILES string of the molecule is COc1cc(-c2cc3c(-c4ccc(OC5CCOCC5)c(C#N)c4)ncnc3[nH]2)ccc1N1CCNCC1. The molecule has 0 saturated carbocycles. The molecule has 4 heterocycles. The third-order valence-electron chi connectivity index (χ3n) is 7.21. The third-order valence-corrected chi connectivity index (χ3v) is 7.21. The average Bonchev–Trinajstić information content (AvgIpc) is 3.43. The summed E-state index contributed by atoms with van der Waals surface area (Å²) in [5.74, 6) is 1.44. The van der Waals surface area contributed by atoms with Gasteiger partial charge in [-0.15, -0.1) is 0 Å². The van der Waals surface area contributed by atoms with Crippen LogP contribution in [0.25, 0.3) is 33.5 Å². The van der Waals surface area contributed by atoms with E-state index in [-0.39, 0.29) is 6.10 Å². The molecule has 0 radical (unpaired) electrons. The number of methoxy groups -OCH3 is 1. The van der Waals surface area contributed by atoms with Crippen LogP contribution < -0.4 is 19.7 Å². The van der Waals surface area contributed by atoms with Crippen molar-refractivity contribution in [2.24, 2.45) is 0 Å². The molecule has 2 aromatic carbocycles. The molecule has 2 aliphatic heterocycles. The Hall–Kier alpha value is -4.13. The summed E-state index contributed by atoms with van der Waals surface area (Å²) < 4.78 is 17.3. The lowest BCUT2D eigenvalue weighted by molar-refractivity contribution is 0.0254. The quantitative estimate of drug-likeness (QED) is 0.399. The number of benzene rings is 2. The van der Waals surface area contributed by atoms with Crippen LogP contribution in [0.2, 0.25) is 0 Å². The number of ether oxygens (including phenoxy) is 3. The second kappa shape index (κ2) is 10.7. The van der Waals surface area contributed by atoms with E-state index in [1.807, 2.05) is 18.2 Å². The van der Waals surface area contributed by atoms with Gasteiger partial charge in [0, 0.05) is 61.2 Å². The van der Waals surface area contributed by atoms with Gasteiger partial charge in [-0.2, -0.15) is 5.26 Å². The summed E-state index contributed by atoms with van der Waals surface area (Å²) in [5, 5.41) is 14.1. The molecule has 38 heavy (non-hydrogen) atoms. The van der Waals surface area contributed by atoms with Crippen molar-refractivity contribution < 1.29 is 14.2 Å². The number of anilines is 1. The number of nitriles is 1. The van der Waals surface area contributed by atoms with Gasteiger partial charge in [-0.25, -0.2) is 9.97 Å². The van der Waals surface area contributed by atoms with Gasteiger partial charge < -0.3 is 29.4 Å². The fourth-order valence-electron chi connectivity index (χ4n) is 5.18. The van der Waals surface area contributed by atoms with Crippen molar-refractivity contribution in [2.45, 2.75) is 18.9 Å². The number of aromatic nitrogens is 3. The van der Waals surface area contributed by atoms with Crippen molar-refractivity contribution in [3.63, 3.8) is 0 Å². The van der Waals surface area contributed by atoms with E-state index in [1.54, 1.807) is 13.4 Å². The second-order valence-electron chi connectivity index (χ2n) is 9.54. The van der Waals surface area contributed by atoms with Crippen molar-refractivity contribution in [3.05, 3.63) is 54.4 Å². The summed E-state index contributed by atoms with van der Waals surface area (Å²) >= 11 is 0. The van der Waals surface area contributed by atoms with E-state index in [1.165, 1.54) is 0 Å². The van der Waals surface area contributed by atoms with Crippen LogP contribution in [0.5, 0.6) is 11.5 Å². The molecule has 0 bridgehead atoms. The number of nitrogens with one attached hydrogen (secondary N) is 2. The predicted octanol–water partition coefficient (Wildman–Crippen LogP) is 4.14. The van der Waals surface area contributed by atoms with Crippen molar-refractivity contribution in [1.82, 2.24) is 20.3 Å². The van der Waals surface area contributed by atoms with Gasteiger partial charge in [-0.3, -0.25) is 0 Å². The summed E-state index contributed by atoms with van der Waals surface area (Å²) in [6.07, 6.45) is 3.26. The van der Waals surface area contributed by atoms with E-state index in [4.69, 9.17) is 14.2 Å². The first kappa shape index (κ1) is 24.2. The van der Waals surface area contributed by atoms with Crippen molar-refractivity contribution in [2.75, 3.05) is 51.4 Å². The molecule has 194 valence electrons. The topological polar surface area (TPSA) is 108 Å². The summed E-state index contributed by atoms with van der Waals surface area (Å²) in [6.45, 7) is 5.19. The molecule has 9 heteroatoms. The van der Waals surface area contributed by atoms with Crippen LogP contribution in [-0.4, -0.2) is 67.6 Å². The Kier molecular flexibility index (Phi) is 6.82. The molecule has 2 saturated heterocycles. The van der Waals surface area contributed by atoms with Gasteiger partial charge >= 0.3 is 0 Å². The number of rotatable bonds is 6. The lowest BCUT2D eigenvalue weighted by Gasteiger charge is -2.30. The molecule has 0 atom stereocenters. The molecular weight excluding hydrogens is 480 g/mol. The minimum Gasteiger partial charge on any atom is -0.495 e. The van der Waals surface area contributed by atoms with Crippen LogP contribution in [0.15, 0.2) is 48.8 Å². The van der Waals surface area contributed by atoms with Gasteiger partial charge in [-0.1, -0.05) is 6.07 Å². The summed E-state index contributed by atoms with van der Waals surface area (Å²) in [6, 6.07) is 16.3. The monoisotopic (exact) mass is 510 g/mol. The minimum absolute atomic E-state index is 0.0645. The fourth-order valence-corrected chi connectivity index (χ4v) is 5.18. The molecular formula is C29H30N6O3. The van der Waals surface area contributed by atoms with E-state index in [0.29, 0.717) is 24.5 Å². The first-order valence-corrected chi connectivity index (χ1v) is 13.0. The summed E-state index contributed by atoms with van der Waals surface area (Å²) in [7, 11) is 1.71. The summed E-state index contributed by atoms with van der Waals surface area (Å²) in [5.41, 5.74) is 5.85. The zero-order chi connectivity index (χ0) is 25.9. The highest BCUT2D eigenvalue weighted by Crippen LogP contribution is 2.36. The Morgan fingerprint density at radius 2 is 1.82 bits per heavy atom.